The number of hydrogen-bond acceptors (Lipinski definition) is 4. The number of nitrogens with zero attached hydrogens (tertiary/aromatic N) is 1. The predicted molar refractivity (Wildman–Crippen MR) is 81.2 cm³/mol. The molecule has 0 bridgehead atoms. The Labute approximate surface area is 123 Å². The zero-order valence-corrected chi connectivity index (χ0v) is 12.4. The van der Waals surface area contributed by atoms with E-state index in [2.05, 4.69) is 5.32 Å². The van der Waals surface area contributed by atoms with Crippen molar-refractivity contribution < 1.29 is 8.42 Å². The minimum Gasteiger partial charge on any atom is -0.377 e. The second-order valence-corrected chi connectivity index (χ2v) is 7.29. The van der Waals surface area contributed by atoms with Gasteiger partial charge in [-0.3, -0.25) is 4.79 Å². The zero-order valence-electron chi connectivity index (χ0n) is 11.6. The Hall–Kier alpha value is -2.08. The number of nitrogens with one attached hydrogen (secondary N) is 1. The van der Waals surface area contributed by atoms with E-state index in [1.807, 2.05) is 12.1 Å². The lowest BCUT2D eigenvalue weighted by Gasteiger charge is -2.27. The van der Waals surface area contributed by atoms with Crippen molar-refractivity contribution in [2.75, 3.05) is 11.1 Å². The van der Waals surface area contributed by atoms with Crippen LogP contribution in [0.15, 0.2) is 52.3 Å². The number of fused-ring (bicyclic) bond motifs is 1. The third-order valence-corrected chi connectivity index (χ3v) is 5.55. The highest BCUT2D eigenvalue weighted by atomic mass is 32.2. The molecule has 0 saturated heterocycles. The van der Waals surface area contributed by atoms with Gasteiger partial charge in [-0.2, -0.15) is 0 Å². The summed E-state index contributed by atoms with van der Waals surface area (Å²) in [5.41, 5.74) is 1.51. The Morgan fingerprint density at radius 2 is 1.95 bits per heavy atom. The van der Waals surface area contributed by atoms with Gasteiger partial charge in [-0.05, 0) is 24.1 Å². The summed E-state index contributed by atoms with van der Waals surface area (Å²) >= 11 is 0. The number of sulfone groups is 1. The quantitative estimate of drug-likeness (QED) is 0.917. The first-order chi connectivity index (χ1) is 9.97. The second kappa shape index (κ2) is 5.04. The average Bonchev–Trinajstić information content (AvgIpc) is 2.46. The Morgan fingerprint density at radius 1 is 1.19 bits per heavy atom. The van der Waals surface area contributed by atoms with Crippen molar-refractivity contribution in [3.8, 4) is 0 Å². The highest BCUT2D eigenvalue weighted by Gasteiger charge is 2.29. The molecule has 0 aliphatic carbocycles. The molecule has 2 heterocycles. The molecule has 0 amide bonds. The Balaban J connectivity index is 1.97. The minimum absolute atomic E-state index is 0.0674. The summed E-state index contributed by atoms with van der Waals surface area (Å²) in [6.07, 6.45) is 2.23. The number of anilines is 1. The first kappa shape index (κ1) is 13.9. The SMILES string of the molecule is Cn1cc(NC2CCS(=O)(=O)c3ccccc32)ccc1=O. The van der Waals surface area contributed by atoms with E-state index in [0.717, 1.165) is 11.3 Å². The van der Waals surface area contributed by atoms with Gasteiger partial charge < -0.3 is 9.88 Å². The Morgan fingerprint density at radius 3 is 2.71 bits per heavy atom. The number of aryl methyl sites for hydroxylation is 1. The highest BCUT2D eigenvalue weighted by molar-refractivity contribution is 7.91. The summed E-state index contributed by atoms with van der Waals surface area (Å²) in [7, 11) is -1.49. The fourth-order valence-corrected chi connectivity index (χ4v) is 4.24. The molecule has 0 fully saturated rings. The average molecular weight is 304 g/mol. The summed E-state index contributed by atoms with van der Waals surface area (Å²) in [4.78, 5) is 11.8. The van der Waals surface area contributed by atoms with Gasteiger partial charge in [-0.15, -0.1) is 0 Å². The number of aromatic nitrogens is 1. The third kappa shape index (κ3) is 2.58. The molecule has 6 heteroatoms. The monoisotopic (exact) mass is 304 g/mol. The van der Waals surface area contributed by atoms with E-state index in [0.29, 0.717) is 11.3 Å². The van der Waals surface area contributed by atoms with Crippen LogP contribution in [0.25, 0.3) is 0 Å². The normalized spacial score (nSPS) is 19.8. The predicted octanol–water partition coefficient (Wildman–Crippen LogP) is 1.72. The van der Waals surface area contributed by atoms with E-state index in [1.165, 1.54) is 10.6 Å². The zero-order chi connectivity index (χ0) is 15.0. The summed E-state index contributed by atoms with van der Waals surface area (Å²) in [5.74, 6) is 0.132. The summed E-state index contributed by atoms with van der Waals surface area (Å²) < 4.78 is 25.7. The van der Waals surface area contributed by atoms with E-state index in [9.17, 15) is 13.2 Å². The van der Waals surface area contributed by atoms with Crippen LogP contribution in [0.1, 0.15) is 18.0 Å². The van der Waals surface area contributed by atoms with E-state index < -0.39 is 9.84 Å². The summed E-state index contributed by atoms with van der Waals surface area (Å²) in [6, 6.07) is 10.2. The topological polar surface area (TPSA) is 68.2 Å². The molecule has 0 radical (unpaired) electrons. The molecule has 3 rings (SSSR count). The lowest BCUT2D eigenvalue weighted by atomic mass is 10.0. The molecule has 1 aliphatic heterocycles. The van der Waals surface area contributed by atoms with Gasteiger partial charge in [0.1, 0.15) is 0 Å². The fraction of sp³-hybridized carbons (Fsp3) is 0.267. The van der Waals surface area contributed by atoms with E-state index in [4.69, 9.17) is 0 Å². The molecule has 1 unspecified atom stereocenters. The molecule has 0 saturated carbocycles. The fourth-order valence-electron chi connectivity index (χ4n) is 2.62. The summed E-state index contributed by atoms with van der Waals surface area (Å²) in [6.45, 7) is 0. The molecule has 0 spiro atoms. The van der Waals surface area contributed by atoms with Crippen LogP contribution in [-0.2, 0) is 16.9 Å². The molecule has 21 heavy (non-hydrogen) atoms. The van der Waals surface area contributed by atoms with Gasteiger partial charge in [0.2, 0.25) is 5.56 Å². The van der Waals surface area contributed by atoms with E-state index in [1.54, 1.807) is 31.4 Å². The minimum atomic E-state index is -3.18. The maximum absolute atomic E-state index is 12.1. The number of pyridine rings is 1. The van der Waals surface area contributed by atoms with Crippen LogP contribution in [0.2, 0.25) is 0 Å². The van der Waals surface area contributed by atoms with Crippen molar-refractivity contribution in [3.05, 3.63) is 58.5 Å². The molecular formula is C15H16N2O3S. The van der Waals surface area contributed by atoms with Gasteiger partial charge in [0.15, 0.2) is 9.84 Å². The molecule has 1 N–H and O–H groups in total. The maximum Gasteiger partial charge on any atom is 0.250 e. The maximum atomic E-state index is 12.1. The van der Waals surface area contributed by atoms with Crippen LogP contribution < -0.4 is 10.9 Å². The summed E-state index contributed by atoms with van der Waals surface area (Å²) in [5, 5.41) is 3.32. The first-order valence-electron chi connectivity index (χ1n) is 6.72. The molecule has 2 aromatic rings. The Kier molecular flexibility index (Phi) is 3.33. The van der Waals surface area contributed by atoms with Gasteiger partial charge in [0.05, 0.1) is 22.4 Å². The van der Waals surface area contributed by atoms with Crippen LogP contribution in [0, 0.1) is 0 Å². The van der Waals surface area contributed by atoms with Crippen molar-refractivity contribution in [2.45, 2.75) is 17.4 Å². The van der Waals surface area contributed by atoms with Gasteiger partial charge in [-0.1, -0.05) is 18.2 Å². The van der Waals surface area contributed by atoms with Gasteiger partial charge in [0.25, 0.3) is 0 Å². The molecular weight excluding hydrogens is 288 g/mol. The van der Waals surface area contributed by atoms with Crippen molar-refractivity contribution in [3.63, 3.8) is 0 Å². The standard InChI is InChI=1S/C15H16N2O3S/c1-17-10-11(6-7-15(17)18)16-13-8-9-21(19,20)14-5-3-2-4-12(13)14/h2-7,10,13,16H,8-9H2,1H3. The smallest absolute Gasteiger partial charge is 0.250 e. The van der Waals surface area contributed by atoms with Crippen molar-refractivity contribution in [2.24, 2.45) is 7.05 Å². The molecule has 110 valence electrons. The second-order valence-electron chi connectivity index (χ2n) is 5.21. The lowest BCUT2D eigenvalue weighted by Crippen LogP contribution is -2.25. The molecule has 1 aromatic heterocycles. The van der Waals surface area contributed by atoms with Gasteiger partial charge in [-0.25, -0.2) is 8.42 Å². The van der Waals surface area contributed by atoms with Crippen LogP contribution in [0.5, 0.6) is 0 Å². The molecule has 1 aromatic carbocycles. The van der Waals surface area contributed by atoms with Gasteiger partial charge >= 0.3 is 0 Å². The lowest BCUT2D eigenvalue weighted by molar-refractivity contribution is 0.576. The molecule has 5 nitrogen and oxygen atoms in total. The van der Waals surface area contributed by atoms with Crippen LogP contribution in [0.4, 0.5) is 5.69 Å². The van der Waals surface area contributed by atoms with Crippen LogP contribution in [0.3, 0.4) is 0 Å². The van der Waals surface area contributed by atoms with Crippen LogP contribution in [-0.4, -0.2) is 18.7 Å². The largest absolute Gasteiger partial charge is 0.377 e. The third-order valence-electron chi connectivity index (χ3n) is 3.73. The van der Waals surface area contributed by atoms with Crippen molar-refractivity contribution in [1.82, 2.24) is 4.57 Å². The van der Waals surface area contributed by atoms with Crippen LogP contribution >= 0.6 is 0 Å². The molecule has 1 atom stereocenters. The highest BCUT2D eigenvalue weighted by Crippen LogP contribution is 2.33. The number of benzene rings is 1. The van der Waals surface area contributed by atoms with Crippen molar-refractivity contribution in [1.29, 1.82) is 0 Å². The number of hydrogen-bond donors (Lipinski definition) is 1. The van der Waals surface area contributed by atoms with E-state index in [-0.39, 0.29) is 17.4 Å². The number of rotatable bonds is 2. The van der Waals surface area contributed by atoms with Gasteiger partial charge in [0, 0.05) is 19.3 Å². The molecule has 1 aliphatic rings. The Bertz CT molecular complexity index is 840. The van der Waals surface area contributed by atoms with Crippen molar-refractivity contribution >= 4 is 15.5 Å². The first-order valence-corrected chi connectivity index (χ1v) is 8.37. The van der Waals surface area contributed by atoms with E-state index >= 15 is 0 Å².